The molecular formula is C24H26ClFN2O4S. The second-order valence-corrected chi connectivity index (χ2v) is 9.34. The van der Waals surface area contributed by atoms with Crippen molar-refractivity contribution in [1.29, 1.82) is 0 Å². The maximum absolute atomic E-state index is 13.1. The van der Waals surface area contributed by atoms with E-state index in [1.165, 1.54) is 24.3 Å². The number of rotatable bonds is 11. The third-order valence-electron chi connectivity index (χ3n) is 4.84. The standard InChI is InChI=1S/C24H26ClFN2O4S/c1-2-31-23-14-19(13-22(25)24(23)32-16-18-3-7-20(26)8-4-18)15-28-12-11-17-5-9-21(10-6-17)33(27,29)30/h3-10,13-14,28H,2,11-12,15-16H2,1H3,(H2,27,29,30). The van der Waals surface area contributed by atoms with E-state index in [4.69, 9.17) is 26.2 Å². The first-order valence-corrected chi connectivity index (χ1v) is 12.3. The molecule has 9 heteroatoms. The molecule has 0 radical (unpaired) electrons. The minimum Gasteiger partial charge on any atom is -0.490 e. The molecule has 3 aromatic carbocycles. The Morgan fingerprint density at radius 2 is 1.64 bits per heavy atom. The van der Waals surface area contributed by atoms with Gasteiger partial charge in [-0.25, -0.2) is 17.9 Å². The van der Waals surface area contributed by atoms with E-state index in [0.717, 1.165) is 23.1 Å². The van der Waals surface area contributed by atoms with E-state index in [2.05, 4.69) is 5.32 Å². The Labute approximate surface area is 198 Å². The van der Waals surface area contributed by atoms with Crippen LogP contribution in [0.15, 0.2) is 65.6 Å². The van der Waals surface area contributed by atoms with Crippen LogP contribution in [0.4, 0.5) is 4.39 Å². The van der Waals surface area contributed by atoms with E-state index in [9.17, 15) is 12.8 Å². The number of benzene rings is 3. The highest BCUT2D eigenvalue weighted by Crippen LogP contribution is 2.37. The van der Waals surface area contributed by atoms with Crippen molar-refractivity contribution >= 4 is 21.6 Å². The average Bonchev–Trinajstić information content (AvgIpc) is 2.77. The number of hydrogen-bond acceptors (Lipinski definition) is 5. The summed E-state index contributed by atoms with van der Waals surface area (Å²) in [6.45, 7) is 3.81. The van der Waals surface area contributed by atoms with Crippen molar-refractivity contribution in [3.63, 3.8) is 0 Å². The lowest BCUT2D eigenvalue weighted by molar-refractivity contribution is 0.269. The molecule has 0 unspecified atom stereocenters. The summed E-state index contributed by atoms with van der Waals surface area (Å²) in [5.74, 6) is 0.688. The fourth-order valence-electron chi connectivity index (χ4n) is 3.17. The summed E-state index contributed by atoms with van der Waals surface area (Å²) in [7, 11) is -3.68. The molecule has 0 saturated heterocycles. The van der Waals surface area contributed by atoms with Crippen LogP contribution in [0.2, 0.25) is 5.02 Å². The molecule has 3 N–H and O–H groups in total. The predicted octanol–water partition coefficient (Wildman–Crippen LogP) is 4.44. The number of ether oxygens (including phenoxy) is 2. The lowest BCUT2D eigenvalue weighted by Crippen LogP contribution is -2.17. The lowest BCUT2D eigenvalue weighted by Gasteiger charge is -2.16. The van der Waals surface area contributed by atoms with Crippen LogP contribution < -0.4 is 19.9 Å². The molecule has 3 aromatic rings. The average molecular weight is 493 g/mol. The first kappa shape index (κ1) is 25.0. The number of sulfonamides is 1. The van der Waals surface area contributed by atoms with Gasteiger partial charge in [-0.15, -0.1) is 0 Å². The smallest absolute Gasteiger partial charge is 0.238 e. The maximum atomic E-state index is 13.1. The number of halogens is 2. The Kier molecular flexibility index (Phi) is 8.68. The zero-order chi connectivity index (χ0) is 23.8. The molecule has 0 heterocycles. The molecule has 0 spiro atoms. The van der Waals surface area contributed by atoms with Crippen LogP contribution in [0.1, 0.15) is 23.6 Å². The van der Waals surface area contributed by atoms with Crippen molar-refractivity contribution in [1.82, 2.24) is 5.32 Å². The van der Waals surface area contributed by atoms with E-state index < -0.39 is 10.0 Å². The minimum atomic E-state index is -3.68. The zero-order valence-electron chi connectivity index (χ0n) is 18.2. The van der Waals surface area contributed by atoms with Gasteiger partial charge in [0.1, 0.15) is 12.4 Å². The normalized spacial score (nSPS) is 11.4. The molecule has 33 heavy (non-hydrogen) atoms. The van der Waals surface area contributed by atoms with Gasteiger partial charge in [0.15, 0.2) is 11.5 Å². The highest BCUT2D eigenvalue weighted by molar-refractivity contribution is 7.89. The molecule has 0 amide bonds. The zero-order valence-corrected chi connectivity index (χ0v) is 19.8. The first-order valence-electron chi connectivity index (χ1n) is 10.4. The Hall–Kier alpha value is -2.65. The van der Waals surface area contributed by atoms with Crippen molar-refractivity contribution < 1.29 is 22.3 Å². The van der Waals surface area contributed by atoms with Gasteiger partial charge < -0.3 is 14.8 Å². The maximum Gasteiger partial charge on any atom is 0.238 e. The van der Waals surface area contributed by atoms with Gasteiger partial charge in [0, 0.05) is 6.54 Å². The summed E-state index contributed by atoms with van der Waals surface area (Å²) in [4.78, 5) is 0.0963. The van der Waals surface area contributed by atoms with Gasteiger partial charge in [0.2, 0.25) is 10.0 Å². The molecule has 0 atom stereocenters. The first-order chi connectivity index (χ1) is 15.8. The van der Waals surface area contributed by atoms with E-state index >= 15 is 0 Å². The van der Waals surface area contributed by atoms with Gasteiger partial charge in [-0.05, 0) is 73.0 Å². The Morgan fingerprint density at radius 3 is 2.27 bits per heavy atom. The van der Waals surface area contributed by atoms with E-state index in [0.29, 0.717) is 36.2 Å². The summed E-state index contributed by atoms with van der Waals surface area (Å²) in [5.41, 5.74) is 2.74. The van der Waals surface area contributed by atoms with Crippen molar-refractivity contribution in [2.75, 3.05) is 13.2 Å². The summed E-state index contributed by atoms with van der Waals surface area (Å²) in [5, 5.41) is 8.89. The highest BCUT2D eigenvalue weighted by atomic mass is 35.5. The van der Waals surface area contributed by atoms with Crippen LogP contribution in [-0.4, -0.2) is 21.6 Å². The summed E-state index contributed by atoms with van der Waals surface area (Å²) >= 11 is 6.47. The fourth-order valence-corrected chi connectivity index (χ4v) is 3.98. The van der Waals surface area contributed by atoms with Crippen molar-refractivity contribution in [2.45, 2.75) is 31.4 Å². The number of hydrogen-bond donors (Lipinski definition) is 2. The van der Waals surface area contributed by atoms with Crippen LogP contribution in [0, 0.1) is 5.82 Å². The van der Waals surface area contributed by atoms with Crippen molar-refractivity contribution in [2.24, 2.45) is 5.14 Å². The highest BCUT2D eigenvalue weighted by Gasteiger charge is 2.13. The molecule has 6 nitrogen and oxygen atoms in total. The van der Waals surface area contributed by atoms with Crippen molar-refractivity contribution in [3.8, 4) is 11.5 Å². The monoisotopic (exact) mass is 492 g/mol. The summed E-state index contributed by atoms with van der Waals surface area (Å²) in [6.07, 6.45) is 0.718. The minimum absolute atomic E-state index is 0.0963. The second kappa shape index (κ2) is 11.5. The van der Waals surface area contributed by atoms with Gasteiger partial charge in [0.25, 0.3) is 0 Å². The lowest BCUT2D eigenvalue weighted by atomic mass is 10.1. The molecule has 0 saturated carbocycles. The molecule has 0 aliphatic carbocycles. The Balaban J connectivity index is 1.58. The SMILES string of the molecule is CCOc1cc(CNCCc2ccc(S(N)(=O)=O)cc2)cc(Cl)c1OCc1ccc(F)cc1. The predicted molar refractivity (Wildman–Crippen MR) is 127 cm³/mol. The summed E-state index contributed by atoms with van der Waals surface area (Å²) in [6, 6.07) is 16.3. The molecule has 0 aliphatic rings. The second-order valence-electron chi connectivity index (χ2n) is 7.37. The Morgan fingerprint density at radius 1 is 0.970 bits per heavy atom. The molecule has 0 bridgehead atoms. The van der Waals surface area contributed by atoms with Gasteiger partial charge >= 0.3 is 0 Å². The molecule has 176 valence electrons. The van der Waals surface area contributed by atoms with Crippen LogP contribution in [-0.2, 0) is 29.6 Å². The molecule has 0 aliphatic heterocycles. The van der Waals surface area contributed by atoms with Crippen LogP contribution in [0.3, 0.4) is 0 Å². The van der Waals surface area contributed by atoms with Gasteiger partial charge in [-0.3, -0.25) is 0 Å². The van der Waals surface area contributed by atoms with Gasteiger partial charge in [0.05, 0.1) is 16.5 Å². The largest absolute Gasteiger partial charge is 0.490 e. The summed E-state index contributed by atoms with van der Waals surface area (Å²) < 4.78 is 47.4. The number of nitrogens with one attached hydrogen (secondary N) is 1. The van der Waals surface area contributed by atoms with Crippen LogP contribution in [0.25, 0.3) is 0 Å². The molecule has 0 fully saturated rings. The number of primary sulfonamides is 1. The van der Waals surface area contributed by atoms with E-state index in [1.54, 1.807) is 24.3 Å². The molecule has 3 rings (SSSR count). The Bertz CT molecular complexity index is 1170. The van der Waals surface area contributed by atoms with E-state index in [-0.39, 0.29) is 17.3 Å². The van der Waals surface area contributed by atoms with E-state index in [1.807, 2.05) is 19.1 Å². The van der Waals surface area contributed by atoms with Crippen LogP contribution in [0.5, 0.6) is 11.5 Å². The van der Waals surface area contributed by atoms with Crippen LogP contribution >= 0.6 is 11.6 Å². The van der Waals surface area contributed by atoms with Gasteiger partial charge in [-0.1, -0.05) is 35.9 Å². The quantitative estimate of drug-likeness (QED) is 0.386. The van der Waals surface area contributed by atoms with Gasteiger partial charge in [-0.2, -0.15) is 0 Å². The fraction of sp³-hybridized carbons (Fsp3) is 0.250. The van der Waals surface area contributed by atoms with Crippen molar-refractivity contribution in [3.05, 3.63) is 88.2 Å². The molecular weight excluding hydrogens is 467 g/mol. The molecule has 0 aromatic heterocycles. The third kappa shape index (κ3) is 7.43. The third-order valence-corrected chi connectivity index (χ3v) is 6.05. The topological polar surface area (TPSA) is 90.6 Å². The number of nitrogens with two attached hydrogens (primary N) is 1.